The van der Waals surface area contributed by atoms with Crippen LogP contribution in [0.4, 0.5) is 4.79 Å². The average molecular weight is 238 g/mol. The summed E-state index contributed by atoms with van der Waals surface area (Å²) < 4.78 is 0. The van der Waals surface area contributed by atoms with Gasteiger partial charge in [0, 0.05) is 5.02 Å². The van der Waals surface area contributed by atoms with Gasteiger partial charge in [-0.2, -0.15) is 5.10 Å². The molecule has 1 aromatic carbocycles. The lowest BCUT2D eigenvalue weighted by molar-refractivity contribution is -0.118. The molecule has 1 aliphatic heterocycles. The third kappa shape index (κ3) is 2.38. The Hall–Kier alpha value is -1.88. The van der Waals surface area contributed by atoms with Crippen molar-refractivity contribution in [1.82, 2.24) is 10.3 Å². The van der Waals surface area contributed by atoms with Crippen LogP contribution in [0.1, 0.15) is 5.56 Å². The Kier molecular flexibility index (Phi) is 2.87. The second-order valence-electron chi connectivity index (χ2n) is 3.21. The van der Waals surface area contributed by atoms with Gasteiger partial charge < -0.3 is 0 Å². The maximum absolute atomic E-state index is 11.1. The molecule has 82 valence electrons. The molecule has 5 nitrogen and oxygen atoms in total. The Labute approximate surface area is 96.7 Å². The molecule has 0 radical (unpaired) electrons. The van der Waals surface area contributed by atoms with Crippen LogP contribution in [0.3, 0.4) is 0 Å². The van der Waals surface area contributed by atoms with E-state index in [1.807, 2.05) is 0 Å². The third-order valence-electron chi connectivity index (χ3n) is 1.99. The van der Waals surface area contributed by atoms with Gasteiger partial charge in [0.1, 0.15) is 6.54 Å². The number of imide groups is 1. The third-order valence-corrected chi connectivity index (χ3v) is 2.24. The molecule has 16 heavy (non-hydrogen) atoms. The van der Waals surface area contributed by atoms with Crippen LogP contribution in [0.25, 0.3) is 0 Å². The quantitative estimate of drug-likeness (QED) is 0.621. The number of carbonyl (C=O) groups is 2. The molecule has 0 aliphatic carbocycles. The van der Waals surface area contributed by atoms with Crippen LogP contribution in [0.2, 0.25) is 5.02 Å². The van der Waals surface area contributed by atoms with Gasteiger partial charge in [0.05, 0.1) is 6.21 Å². The molecule has 1 aromatic rings. The summed E-state index contributed by atoms with van der Waals surface area (Å²) in [5.74, 6) is -0.349. The van der Waals surface area contributed by atoms with E-state index in [0.717, 1.165) is 10.6 Å². The van der Waals surface area contributed by atoms with Crippen molar-refractivity contribution in [2.45, 2.75) is 0 Å². The van der Waals surface area contributed by atoms with Crippen molar-refractivity contribution in [3.05, 3.63) is 34.9 Å². The molecule has 1 heterocycles. The van der Waals surface area contributed by atoms with Crippen LogP contribution >= 0.6 is 11.6 Å². The van der Waals surface area contributed by atoms with Crippen LogP contribution in [-0.2, 0) is 4.79 Å². The zero-order chi connectivity index (χ0) is 11.5. The van der Waals surface area contributed by atoms with Crippen LogP contribution in [0.15, 0.2) is 29.4 Å². The number of benzene rings is 1. The zero-order valence-corrected chi connectivity index (χ0v) is 8.94. The molecule has 0 unspecified atom stereocenters. The van der Waals surface area contributed by atoms with Gasteiger partial charge in [-0.15, -0.1) is 0 Å². The molecule has 0 spiro atoms. The molecule has 1 fully saturated rings. The molecule has 0 atom stereocenters. The summed E-state index contributed by atoms with van der Waals surface area (Å²) >= 11 is 5.72. The van der Waals surface area contributed by atoms with Crippen molar-refractivity contribution in [3.63, 3.8) is 0 Å². The van der Waals surface area contributed by atoms with Gasteiger partial charge in [-0.25, -0.2) is 9.80 Å². The first kappa shape index (κ1) is 10.6. The van der Waals surface area contributed by atoms with Crippen molar-refractivity contribution in [1.29, 1.82) is 0 Å². The largest absolute Gasteiger partial charge is 0.344 e. The Morgan fingerprint density at radius 2 is 2.00 bits per heavy atom. The molecular weight excluding hydrogens is 230 g/mol. The molecule has 1 saturated heterocycles. The first-order chi connectivity index (χ1) is 7.65. The molecule has 0 aromatic heterocycles. The molecular formula is C10H8ClN3O2. The SMILES string of the molecule is O=C1CN(/N=C/c2ccc(Cl)cc2)C(=O)N1. The highest BCUT2D eigenvalue weighted by molar-refractivity contribution is 6.30. The Balaban J connectivity index is 2.07. The maximum atomic E-state index is 11.1. The van der Waals surface area contributed by atoms with E-state index in [4.69, 9.17) is 11.6 Å². The van der Waals surface area contributed by atoms with E-state index in [-0.39, 0.29) is 12.5 Å². The maximum Gasteiger partial charge on any atom is 0.344 e. The molecule has 0 saturated carbocycles. The van der Waals surface area contributed by atoms with Crippen molar-refractivity contribution >= 4 is 29.8 Å². The second-order valence-corrected chi connectivity index (χ2v) is 3.64. The number of amides is 3. The highest BCUT2D eigenvalue weighted by Gasteiger charge is 2.25. The minimum Gasteiger partial charge on any atom is -0.275 e. The zero-order valence-electron chi connectivity index (χ0n) is 8.18. The van der Waals surface area contributed by atoms with Crippen molar-refractivity contribution in [2.24, 2.45) is 5.10 Å². The highest BCUT2D eigenvalue weighted by atomic mass is 35.5. The lowest BCUT2D eigenvalue weighted by Gasteiger charge is -2.03. The van der Waals surface area contributed by atoms with Gasteiger partial charge in [-0.05, 0) is 17.7 Å². The lowest BCUT2D eigenvalue weighted by Crippen LogP contribution is -2.24. The number of nitrogens with one attached hydrogen (secondary N) is 1. The average Bonchev–Trinajstić information content (AvgIpc) is 2.57. The topological polar surface area (TPSA) is 61.8 Å². The van der Waals surface area contributed by atoms with Crippen molar-refractivity contribution in [2.75, 3.05) is 6.54 Å². The van der Waals surface area contributed by atoms with Crippen molar-refractivity contribution < 1.29 is 9.59 Å². The van der Waals surface area contributed by atoms with Gasteiger partial charge in [-0.3, -0.25) is 10.1 Å². The molecule has 0 bridgehead atoms. The van der Waals surface area contributed by atoms with Crippen LogP contribution in [0, 0.1) is 0 Å². The summed E-state index contributed by atoms with van der Waals surface area (Å²) in [6.07, 6.45) is 1.49. The first-order valence-electron chi connectivity index (χ1n) is 4.56. The molecule has 1 N–H and O–H groups in total. The normalized spacial score (nSPS) is 15.9. The highest BCUT2D eigenvalue weighted by Crippen LogP contribution is 2.08. The van der Waals surface area contributed by atoms with Gasteiger partial charge in [0.15, 0.2) is 0 Å². The number of halogens is 1. The molecule has 3 amide bonds. The van der Waals surface area contributed by atoms with Gasteiger partial charge in [-0.1, -0.05) is 23.7 Å². The van der Waals surface area contributed by atoms with Crippen LogP contribution < -0.4 is 5.32 Å². The minimum atomic E-state index is -0.504. The number of nitrogens with zero attached hydrogens (tertiary/aromatic N) is 2. The summed E-state index contributed by atoms with van der Waals surface area (Å²) in [7, 11) is 0. The Morgan fingerprint density at radius 1 is 1.31 bits per heavy atom. The van der Waals surface area contributed by atoms with E-state index in [2.05, 4.69) is 10.4 Å². The molecule has 6 heteroatoms. The fourth-order valence-corrected chi connectivity index (χ4v) is 1.34. The van der Waals surface area contributed by atoms with Gasteiger partial charge >= 0.3 is 6.03 Å². The summed E-state index contributed by atoms with van der Waals surface area (Å²) in [6.45, 7) is -0.0388. The predicted molar refractivity (Wildman–Crippen MR) is 59.3 cm³/mol. The summed E-state index contributed by atoms with van der Waals surface area (Å²) in [6, 6.07) is 6.47. The van der Waals surface area contributed by atoms with Gasteiger partial charge in [0.2, 0.25) is 5.91 Å². The van der Waals surface area contributed by atoms with E-state index < -0.39 is 6.03 Å². The van der Waals surface area contributed by atoms with E-state index in [1.54, 1.807) is 24.3 Å². The fraction of sp³-hybridized carbons (Fsp3) is 0.100. The van der Waals surface area contributed by atoms with Crippen LogP contribution in [-0.4, -0.2) is 29.7 Å². The molecule has 1 aliphatic rings. The predicted octanol–water partition coefficient (Wildman–Crippen LogP) is 1.23. The van der Waals surface area contributed by atoms with E-state index in [1.165, 1.54) is 6.21 Å². The summed E-state index contributed by atoms with van der Waals surface area (Å²) in [5.41, 5.74) is 0.802. The number of hydrogen-bond acceptors (Lipinski definition) is 3. The molecule has 2 rings (SSSR count). The first-order valence-corrected chi connectivity index (χ1v) is 4.94. The smallest absolute Gasteiger partial charge is 0.275 e. The number of hydrogen-bond donors (Lipinski definition) is 1. The lowest BCUT2D eigenvalue weighted by atomic mass is 10.2. The van der Waals surface area contributed by atoms with E-state index >= 15 is 0 Å². The Bertz CT molecular complexity index is 456. The number of rotatable bonds is 2. The number of urea groups is 1. The van der Waals surface area contributed by atoms with Crippen molar-refractivity contribution in [3.8, 4) is 0 Å². The second kappa shape index (κ2) is 4.32. The monoisotopic (exact) mass is 237 g/mol. The van der Waals surface area contributed by atoms with Crippen LogP contribution in [0.5, 0.6) is 0 Å². The minimum absolute atomic E-state index is 0.0388. The van der Waals surface area contributed by atoms with E-state index in [0.29, 0.717) is 5.02 Å². The number of carbonyl (C=O) groups excluding carboxylic acids is 2. The standard InChI is InChI=1S/C10H8ClN3O2/c11-8-3-1-7(2-4-8)5-12-14-6-9(15)13-10(14)16/h1-5H,6H2,(H,13,15,16)/b12-5+. The summed E-state index contributed by atoms with van der Waals surface area (Å²) in [4.78, 5) is 22.0. The number of hydrazone groups is 1. The van der Waals surface area contributed by atoms with E-state index in [9.17, 15) is 9.59 Å². The fourth-order valence-electron chi connectivity index (χ4n) is 1.21. The Morgan fingerprint density at radius 3 is 2.56 bits per heavy atom. The summed E-state index contributed by atoms with van der Waals surface area (Å²) in [5, 5.41) is 7.71. The van der Waals surface area contributed by atoms with Gasteiger partial charge in [0.25, 0.3) is 0 Å².